The Hall–Kier alpha value is -1.77. The predicted molar refractivity (Wildman–Crippen MR) is 98.0 cm³/mol. The summed E-state index contributed by atoms with van der Waals surface area (Å²) in [7, 11) is 3.98. The molecule has 4 atom stereocenters. The maximum Gasteiger partial charge on any atom is 0.325 e. The van der Waals surface area contributed by atoms with Crippen molar-refractivity contribution in [2.24, 2.45) is 5.92 Å². The second-order valence-electron chi connectivity index (χ2n) is 7.21. The molecular formula is C18H24N2O5S. The van der Waals surface area contributed by atoms with Crippen LogP contribution in [-0.2, 0) is 16.1 Å². The van der Waals surface area contributed by atoms with Crippen molar-refractivity contribution >= 4 is 23.6 Å². The van der Waals surface area contributed by atoms with Gasteiger partial charge in [-0.15, -0.1) is 11.8 Å². The topological polar surface area (TPSA) is 90.3 Å². The van der Waals surface area contributed by atoms with Crippen LogP contribution >= 0.6 is 11.8 Å². The van der Waals surface area contributed by atoms with Gasteiger partial charge in [0, 0.05) is 6.54 Å². The molecule has 2 fully saturated rings. The lowest BCUT2D eigenvalue weighted by molar-refractivity contribution is -0.156. The summed E-state index contributed by atoms with van der Waals surface area (Å²) < 4.78 is 4.54. The summed E-state index contributed by atoms with van der Waals surface area (Å²) >= 11 is 1.20. The molecule has 1 unspecified atom stereocenters. The second-order valence-corrected chi connectivity index (χ2v) is 8.71. The molecule has 0 bridgehead atoms. The average Bonchev–Trinajstić information content (AvgIpc) is 2.89. The van der Waals surface area contributed by atoms with Crippen molar-refractivity contribution in [2.45, 2.75) is 29.7 Å². The van der Waals surface area contributed by atoms with E-state index in [0.717, 1.165) is 12.1 Å². The first-order valence-corrected chi connectivity index (χ1v) is 9.38. The number of β-lactam (4-membered cyclic amide) rings is 1. The van der Waals surface area contributed by atoms with Gasteiger partial charge < -0.3 is 24.7 Å². The van der Waals surface area contributed by atoms with Crippen molar-refractivity contribution < 1.29 is 24.5 Å². The lowest BCUT2D eigenvalue weighted by atomic mass is 9.92. The number of aliphatic hydroxyl groups is 1. The van der Waals surface area contributed by atoms with Gasteiger partial charge in [0.05, 0.1) is 23.9 Å². The highest BCUT2D eigenvalue weighted by molar-refractivity contribution is 8.02. The fraction of sp³-hybridized carbons (Fsp3) is 0.556. The Bertz CT molecular complexity index is 693. The summed E-state index contributed by atoms with van der Waals surface area (Å²) in [4.78, 5) is 27.6. The fourth-order valence-corrected chi connectivity index (χ4v) is 5.06. The number of ether oxygens (including phenoxy) is 1. The van der Waals surface area contributed by atoms with Crippen LogP contribution in [-0.4, -0.2) is 75.4 Å². The Kier molecular flexibility index (Phi) is 5.18. The number of aliphatic carboxylic acids is 1. The first-order chi connectivity index (χ1) is 12.2. The number of amides is 1. The van der Waals surface area contributed by atoms with Crippen molar-refractivity contribution in [3.63, 3.8) is 0 Å². The van der Waals surface area contributed by atoms with E-state index in [1.54, 1.807) is 6.92 Å². The zero-order valence-electron chi connectivity index (χ0n) is 15.1. The third kappa shape index (κ3) is 3.41. The molecule has 0 spiro atoms. The minimum Gasteiger partial charge on any atom is -0.491 e. The van der Waals surface area contributed by atoms with Gasteiger partial charge in [-0.1, -0.05) is 12.1 Å². The van der Waals surface area contributed by atoms with Crippen LogP contribution in [0.25, 0.3) is 0 Å². The maximum absolute atomic E-state index is 12.1. The zero-order valence-corrected chi connectivity index (χ0v) is 15.9. The van der Waals surface area contributed by atoms with Crippen LogP contribution in [0.15, 0.2) is 24.3 Å². The van der Waals surface area contributed by atoms with Crippen LogP contribution < -0.4 is 4.74 Å². The van der Waals surface area contributed by atoms with E-state index < -0.39 is 22.7 Å². The number of aliphatic hydroxyl groups excluding tert-OH is 1. The Labute approximate surface area is 156 Å². The minimum absolute atomic E-state index is 0.0349. The Morgan fingerprint density at radius 3 is 2.62 bits per heavy atom. The smallest absolute Gasteiger partial charge is 0.325 e. The van der Waals surface area contributed by atoms with Crippen LogP contribution in [0.3, 0.4) is 0 Å². The molecule has 1 amide bonds. The molecule has 3 rings (SSSR count). The lowest BCUT2D eigenvalue weighted by Gasteiger charge is -2.42. The lowest BCUT2D eigenvalue weighted by Crippen LogP contribution is -2.60. The summed E-state index contributed by atoms with van der Waals surface area (Å²) in [6, 6.07) is 7.55. The van der Waals surface area contributed by atoms with Crippen LogP contribution in [0.1, 0.15) is 12.5 Å². The molecule has 142 valence electrons. The number of hydrogen-bond donors (Lipinski definition) is 2. The van der Waals surface area contributed by atoms with Crippen molar-refractivity contribution in [1.29, 1.82) is 0 Å². The number of nitrogens with zero attached hydrogens (tertiary/aromatic N) is 2. The SMILES string of the molecule is C[C@@H](O)[C@H]1C(=O)N2CC(COc3ccc(CN(C)C)cc3)(C(=O)O)S[C@H]12. The normalized spacial score (nSPS) is 28.7. The summed E-state index contributed by atoms with van der Waals surface area (Å²) in [6.07, 6.45) is -0.786. The highest BCUT2D eigenvalue weighted by Gasteiger charge is 2.63. The Balaban J connectivity index is 1.67. The molecule has 1 aromatic rings. The molecule has 2 N–H and O–H groups in total. The van der Waals surface area contributed by atoms with Gasteiger partial charge in [0.15, 0.2) is 4.75 Å². The summed E-state index contributed by atoms with van der Waals surface area (Å²) in [6.45, 7) is 2.44. The molecule has 2 heterocycles. The number of thioether (sulfide) groups is 1. The van der Waals surface area contributed by atoms with E-state index in [1.165, 1.54) is 16.7 Å². The van der Waals surface area contributed by atoms with E-state index in [-0.39, 0.29) is 24.4 Å². The van der Waals surface area contributed by atoms with E-state index in [4.69, 9.17) is 4.74 Å². The van der Waals surface area contributed by atoms with Crippen molar-refractivity contribution in [2.75, 3.05) is 27.2 Å². The molecule has 26 heavy (non-hydrogen) atoms. The molecule has 1 aromatic carbocycles. The number of carboxylic acid groups (broad SMARTS) is 1. The number of fused-ring (bicyclic) bond motifs is 1. The molecular weight excluding hydrogens is 356 g/mol. The number of carboxylic acids is 1. The van der Waals surface area contributed by atoms with Gasteiger partial charge in [-0.2, -0.15) is 0 Å². The molecule has 8 heteroatoms. The van der Waals surface area contributed by atoms with Crippen LogP contribution in [0.2, 0.25) is 0 Å². The van der Waals surface area contributed by atoms with Crippen LogP contribution in [0, 0.1) is 5.92 Å². The number of hydrogen-bond acceptors (Lipinski definition) is 6. The highest BCUT2D eigenvalue weighted by atomic mass is 32.2. The largest absolute Gasteiger partial charge is 0.491 e. The van der Waals surface area contributed by atoms with Gasteiger partial charge in [-0.3, -0.25) is 9.59 Å². The molecule has 2 saturated heterocycles. The molecule has 0 radical (unpaired) electrons. The van der Waals surface area contributed by atoms with Crippen LogP contribution in [0.5, 0.6) is 5.75 Å². The summed E-state index contributed by atoms with van der Waals surface area (Å²) in [5.41, 5.74) is 1.14. The fourth-order valence-electron chi connectivity index (χ4n) is 3.36. The zero-order chi connectivity index (χ0) is 19.1. The van der Waals surface area contributed by atoms with Crippen LogP contribution in [0.4, 0.5) is 0 Å². The van der Waals surface area contributed by atoms with E-state index >= 15 is 0 Å². The predicted octanol–water partition coefficient (Wildman–Crippen LogP) is 0.862. The molecule has 2 aliphatic rings. The summed E-state index contributed by atoms with van der Waals surface area (Å²) in [5.74, 6) is -1.13. The first-order valence-electron chi connectivity index (χ1n) is 8.50. The second kappa shape index (κ2) is 7.09. The van der Waals surface area contributed by atoms with Gasteiger partial charge >= 0.3 is 5.97 Å². The Morgan fingerprint density at radius 1 is 1.42 bits per heavy atom. The summed E-state index contributed by atoms with van der Waals surface area (Å²) in [5, 5.41) is 19.2. The van der Waals surface area contributed by atoms with Gasteiger partial charge in [-0.05, 0) is 38.7 Å². The molecule has 0 aromatic heterocycles. The Morgan fingerprint density at radius 2 is 2.08 bits per heavy atom. The highest BCUT2D eigenvalue weighted by Crippen LogP contribution is 2.50. The van der Waals surface area contributed by atoms with Gasteiger partial charge in [0.25, 0.3) is 0 Å². The van der Waals surface area contributed by atoms with E-state index in [9.17, 15) is 19.8 Å². The van der Waals surface area contributed by atoms with Gasteiger partial charge in [0.1, 0.15) is 12.4 Å². The molecule has 7 nitrogen and oxygen atoms in total. The molecule has 2 aliphatic heterocycles. The first kappa shape index (κ1) is 19.0. The third-order valence-corrected chi connectivity index (χ3v) is 6.42. The average molecular weight is 380 g/mol. The monoisotopic (exact) mass is 380 g/mol. The molecule has 0 saturated carbocycles. The third-order valence-electron chi connectivity index (χ3n) is 4.76. The van der Waals surface area contributed by atoms with E-state index in [0.29, 0.717) is 5.75 Å². The van der Waals surface area contributed by atoms with Gasteiger partial charge in [0.2, 0.25) is 5.91 Å². The minimum atomic E-state index is -1.22. The quantitative estimate of drug-likeness (QED) is 0.678. The van der Waals surface area contributed by atoms with Crippen molar-refractivity contribution in [3.05, 3.63) is 29.8 Å². The number of benzene rings is 1. The number of carbonyl (C=O) groups excluding carboxylic acids is 1. The van der Waals surface area contributed by atoms with E-state index in [2.05, 4.69) is 4.90 Å². The van der Waals surface area contributed by atoms with E-state index in [1.807, 2.05) is 38.4 Å². The number of rotatable bonds is 7. The maximum atomic E-state index is 12.1. The number of carbonyl (C=O) groups is 2. The molecule has 0 aliphatic carbocycles. The van der Waals surface area contributed by atoms with Gasteiger partial charge in [-0.25, -0.2) is 0 Å². The standard InChI is InChI=1S/C18H24N2O5S/c1-11(21)14-15(22)20-9-18(17(23)24,26-16(14)20)10-25-13-6-4-12(5-7-13)8-19(2)3/h4-7,11,14,16,21H,8-10H2,1-3H3,(H,23,24)/t11-,14+,16-,18?/m1/s1. The van der Waals surface area contributed by atoms with Crippen molar-refractivity contribution in [1.82, 2.24) is 9.80 Å². The van der Waals surface area contributed by atoms with Crippen molar-refractivity contribution in [3.8, 4) is 5.75 Å².